The Morgan fingerprint density at radius 3 is 2.51 bits per heavy atom. The van der Waals surface area contributed by atoms with Gasteiger partial charge in [-0.2, -0.15) is 0 Å². The second-order valence-electron chi connectivity index (χ2n) is 9.06. The van der Waals surface area contributed by atoms with Crippen molar-refractivity contribution in [2.45, 2.75) is 31.8 Å². The maximum Gasteiger partial charge on any atom is 0.283 e. The number of benzene rings is 1. The average molecular weight is 501 g/mol. The number of nitrogens with two attached hydrogens (primary N) is 3. The number of nitrogens with zero attached hydrogens (tertiary/aromatic N) is 4. The third-order valence-corrected chi connectivity index (χ3v) is 7.19. The average Bonchev–Trinajstić information content (AvgIpc) is 2.83. The molecule has 0 radical (unpaired) electrons. The van der Waals surface area contributed by atoms with Crippen molar-refractivity contribution in [3.63, 3.8) is 0 Å². The molecule has 2 atom stereocenters. The lowest BCUT2D eigenvalue weighted by Crippen LogP contribution is -2.67. The topological polar surface area (TPSA) is 174 Å². The van der Waals surface area contributed by atoms with Gasteiger partial charge in [0.1, 0.15) is 12.6 Å². The molecule has 0 spiro atoms. The molecule has 5 rings (SSSR count). The minimum absolute atomic E-state index is 0.0114. The second-order valence-corrected chi connectivity index (χ2v) is 9.42. The van der Waals surface area contributed by atoms with Crippen LogP contribution in [0.2, 0.25) is 5.15 Å². The minimum atomic E-state index is -0.673. The van der Waals surface area contributed by atoms with E-state index in [1.54, 1.807) is 0 Å². The summed E-state index contributed by atoms with van der Waals surface area (Å²) in [6.07, 6.45) is 1.84. The molecule has 3 fully saturated rings. The Bertz CT molecular complexity index is 1130. The number of aliphatic imine (C=N–C) groups is 1. The van der Waals surface area contributed by atoms with E-state index < -0.39 is 5.91 Å². The van der Waals surface area contributed by atoms with Gasteiger partial charge in [-0.3, -0.25) is 14.9 Å². The Labute approximate surface area is 208 Å². The van der Waals surface area contributed by atoms with Crippen LogP contribution in [0.4, 0.5) is 11.6 Å². The minimum Gasteiger partial charge on any atom is -0.382 e. The largest absolute Gasteiger partial charge is 0.382 e. The Hall–Kier alpha value is -3.44. The summed E-state index contributed by atoms with van der Waals surface area (Å²) in [5.74, 6) is -0.603. The van der Waals surface area contributed by atoms with E-state index in [0.717, 1.165) is 31.5 Å². The Morgan fingerprint density at radius 1 is 1.17 bits per heavy atom. The molecule has 2 bridgehead atoms. The van der Waals surface area contributed by atoms with E-state index in [4.69, 9.17) is 28.8 Å². The number of likely N-dealkylation sites (N-methyl/N-ethyl adjacent to an activating group) is 1. The fraction of sp³-hybridized carbons (Fsp3) is 0.435. The summed E-state index contributed by atoms with van der Waals surface area (Å²) in [5, 5.41) is 5.42. The number of piperidine rings is 3. The first kappa shape index (κ1) is 24.7. The second kappa shape index (κ2) is 10.0. The molecule has 3 aliphatic heterocycles. The standard InChI is InChI=1S/C23H30ClN9O2/c1-2-28-22(35)17(14-6-4-3-5-7-14)33-10-8-13(9-11-33)15(12-33)29-23(27)32-21(34)16-19(25)31-20(26)18(24)30-16/h3-7,13,15,17H,2,8-12H2,1H3,(H7-,25,26,27,28,29,31,32,34,35)/p+1/t13?,15?,17-,33?/m0/s1. The molecule has 11 nitrogen and oxygen atoms in total. The number of carbonyl (C=O) groups is 2. The van der Waals surface area contributed by atoms with Gasteiger partial charge in [0.25, 0.3) is 11.8 Å². The molecule has 1 unspecified atom stereocenters. The molecule has 12 heteroatoms. The van der Waals surface area contributed by atoms with Crippen molar-refractivity contribution >= 4 is 41.0 Å². The molecular weight excluding hydrogens is 470 g/mol. The molecule has 3 saturated heterocycles. The number of amides is 2. The molecule has 0 saturated carbocycles. The summed E-state index contributed by atoms with van der Waals surface area (Å²) in [6, 6.07) is 9.39. The normalized spacial score (nSPS) is 24.6. The van der Waals surface area contributed by atoms with Gasteiger partial charge in [0.05, 0.1) is 13.1 Å². The summed E-state index contributed by atoms with van der Waals surface area (Å²) >= 11 is 5.88. The summed E-state index contributed by atoms with van der Waals surface area (Å²) in [7, 11) is 0. The van der Waals surface area contributed by atoms with Gasteiger partial charge >= 0.3 is 0 Å². The zero-order chi connectivity index (χ0) is 25.2. The number of anilines is 2. The summed E-state index contributed by atoms with van der Waals surface area (Å²) in [6.45, 7) is 4.90. The number of nitrogens with one attached hydrogen (secondary N) is 2. The highest BCUT2D eigenvalue weighted by Gasteiger charge is 2.52. The van der Waals surface area contributed by atoms with E-state index in [1.165, 1.54) is 0 Å². The maximum atomic E-state index is 13.3. The zero-order valence-corrected chi connectivity index (χ0v) is 20.3. The van der Waals surface area contributed by atoms with Crippen LogP contribution in [-0.4, -0.2) is 64.4 Å². The number of guanidine groups is 1. The summed E-state index contributed by atoms with van der Waals surface area (Å²) in [4.78, 5) is 38.3. The Kier molecular flexibility index (Phi) is 7.08. The lowest BCUT2D eigenvalue weighted by molar-refractivity contribution is -0.962. The molecule has 1 aromatic carbocycles. The molecule has 4 heterocycles. The van der Waals surface area contributed by atoms with Crippen LogP contribution in [0.25, 0.3) is 0 Å². The first-order valence-electron chi connectivity index (χ1n) is 11.7. The van der Waals surface area contributed by atoms with Crippen molar-refractivity contribution in [1.29, 1.82) is 0 Å². The van der Waals surface area contributed by atoms with Crippen LogP contribution in [0.5, 0.6) is 0 Å². The van der Waals surface area contributed by atoms with Crippen LogP contribution in [0, 0.1) is 5.92 Å². The van der Waals surface area contributed by atoms with E-state index in [2.05, 4.69) is 25.6 Å². The fourth-order valence-electron chi connectivity index (χ4n) is 5.32. The SMILES string of the molecule is CCNC(=O)[C@H](c1ccccc1)[N+]12CCC(CC1)C(N=C(N)NC(=O)c1nc(Cl)c(N)nc1N)C2. The highest BCUT2D eigenvalue weighted by Crippen LogP contribution is 2.42. The molecule has 1 aromatic heterocycles. The molecule has 0 aliphatic carbocycles. The zero-order valence-electron chi connectivity index (χ0n) is 19.6. The summed E-state index contributed by atoms with van der Waals surface area (Å²) in [5.41, 5.74) is 18.3. The summed E-state index contributed by atoms with van der Waals surface area (Å²) < 4.78 is 0.605. The van der Waals surface area contributed by atoms with Crippen LogP contribution in [0.3, 0.4) is 0 Å². The Morgan fingerprint density at radius 2 is 1.86 bits per heavy atom. The molecule has 2 aromatic rings. The molecular formula is C23H31ClN9O2+. The van der Waals surface area contributed by atoms with E-state index in [1.807, 2.05) is 37.3 Å². The van der Waals surface area contributed by atoms with Crippen LogP contribution in [0.1, 0.15) is 41.9 Å². The quantitative estimate of drug-likeness (QED) is 0.221. The van der Waals surface area contributed by atoms with Crippen molar-refractivity contribution in [1.82, 2.24) is 20.6 Å². The Balaban J connectivity index is 1.56. The monoisotopic (exact) mass is 500 g/mol. The van der Waals surface area contributed by atoms with E-state index in [0.29, 0.717) is 23.5 Å². The maximum absolute atomic E-state index is 13.3. The molecule has 35 heavy (non-hydrogen) atoms. The predicted molar refractivity (Wildman–Crippen MR) is 134 cm³/mol. The van der Waals surface area contributed by atoms with Gasteiger partial charge in [0.2, 0.25) is 0 Å². The van der Waals surface area contributed by atoms with Crippen LogP contribution in [-0.2, 0) is 4.79 Å². The van der Waals surface area contributed by atoms with Crippen molar-refractivity contribution in [2.24, 2.45) is 16.6 Å². The number of rotatable bonds is 6. The van der Waals surface area contributed by atoms with Crippen molar-refractivity contribution in [2.75, 3.05) is 37.6 Å². The van der Waals surface area contributed by atoms with Gasteiger partial charge in [0.15, 0.2) is 34.5 Å². The van der Waals surface area contributed by atoms with Gasteiger partial charge in [-0.1, -0.05) is 41.9 Å². The lowest BCUT2D eigenvalue weighted by Gasteiger charge is -2.54. The number of hydrogen-bond donors (Lipinski definition) is 5. The van der Waals surface area contributed by atoms with Gasteiger partial charge in [-0.05, 0) is 12.8 Å². The number of aromatic nitrogens is 2. The number of fused-ring (bicyclic) bond motifs is 3. The van der Waals surface area contributed by atoms with E-state index in [9.17, 15) is 9.59 Å². The van der Waals surface area contributed by atoms with Gasteiger partial charge in [-0.25, -0.2) is 15.0 Å². The lowest BCUT2D eigenvalue weighted by atomic mass is 9.79. The van der Waals surface area contributed by atoms with E-state index in [-0.39, 0.29) is 46.4 Å². The van der Waals surface area contributed by atoms with Gasteiger partial charge in [0, 0.05) is 24.9 Å². The smallest absolute Gasteiger partial charge is 0.283 e. The molecule has 2 amide bonds. The fourth-order valence-corrected chi connectivity index (χ4v) is 5.45. The number of halogens is 1. The predicted octanol–water partition coefficient (Wildman–Crippen LogP) is 0.825. The highest BCUT2D eigenvalue weighted by atomic mass is 35.5. The molecule has 8 N–H and O–H groups in total. The molecule has 186 valence electrons. The van der Waals surface area contributed by atoms with Crippen molar-refractivity contribution < 1.29 is 14.1 Å². The molecule has 3 aliphatic rings. The number of carbonyl (C=O) groups excluding carboxylic acids is 2. The number of quaternary nitrogens is 1. The van der Waals surface area contributed by atoms with Crippen molar-refractivity contribution in [3.8, 4) is 0 Å². The van der Waals surface area contributed by atoms with Crippen LogP contribution >= 0.6 is 11.6 Å². The number of nitrogen functional groups attached to an aromatic ring is 2. The van der Waals surface area contributed by atoms with E-state index >= 15 is 0 Å². The third kappa shape index (κ3) is 5.01. The third-order valence-electron chi connectivity index (χ3n) is 6.91. The van der Waals surface area contributed by atoms with Crippen molar-refractivity contribution in [3.05, 3.63) is 46.7 Å². The van der Waals surface area contributed by atoms with Crippen LogP contribution < -0.4 is 27.8 Å². The van der Waals surface area contributed by atoms with Gasteiger partial charge in [-0.15, -0.1) is 0 Å². The first-order valence-corrected chi connectivity index (χ1v) is 12.0. The van der Waals surface area contributed by atoms with Gasteiger partial charge < -0.3 is 27.0 Å². The van der Waals surface area contributed by atoms with Crippen LogP contribution in [0.15, 0.2) is 35.3 Å². The number of hydrogen-bond acceptors (Lipinski definition) is 7. The first-order chi connectivity index (χ1) is 16.7. The highest BCUT2D eigenvalue weighted by molar-refractivity contribution is 6.31.